The number of imidazole rings is 1. The summed E-state index contributed by atoms with van der Waals surface area (Å²) in [5, 5.41) is 9.18. The molecule has 1 N–H and O–H groups in total. The Morgan fingerprint density at radius 3 is 3.00 bits per heavy atom. The highest BCUT2D eigenvalue weighted by Gasteiger charge is 2.36. The monoisotopic (exact) mass is 194 g/mol. The third kappa shape index (κ3) is 1.46. The summed E-state index contributed by atoms with van der Waals surface area (Å²) in [4.78, 5) is 4.11. The van der Waals surface area contributed by atoms with Crippen LogP contribution in [0.4, 0.5) is 0 Å². The van der Waals surface area contributed by atoms with E-state index in [2.05, 4.69) is 23.4 Å². The highest BCUT2D eigenvalue weighted by Crippen LogP contribution is 2.46. The van der Waals surface area contributed by atoms with Crippen molar-refractivity contribution in [1.82, 2.24) is 9.55 Å². The van der Waals surface area contributed by atoms with Crippen molar-refractivity contribution in [2.45, 2.75) is 45.8 Å². The van der Waals surface area contributed by atoms with Gasteiger partial charge in [0.05, 0.1) is 24.8 Å². The molecule has 0 radical (unpaired) electrons. The zero-order valence-corrected chi connectivity index (χ0v) is 8.90. The van der Waals surface area contributed by atoms with Crippen LogP contribution in [-0.4, -0.2) is 14.7 Å². The van der Waals surface area contributed by atoms with E-state index >= 15 is 0 Å². The number of aromatic nitrogens is 2. The predicted octanol–water partition coefficient (Wildman–Crippen LogP) is 2.13. The van der Waals surface area contributed by atoms with Gasteiger partial charge < -0.3 is 9.67 Å². The summed E-state index contributed by atoms with van der Waals surface area (Å²) in [6.45, 7) is 4.68. The van der Waals surface area contributed by atoms with E-state index in [1.807, 2.05) is 6.33 Å². The third-order valence-corrected chi connectivity index (χ3v) is 3.44. The molecule has 0 spiro atoms. The minimum atomic E-state index is 0.0899. The first-order chi connectivity index (χ1) is 6.65. The Balaban J connectivity index is 2.30. The summed E-state index contributed by atoms with van der Waals surface area (Å²) in [5.74, 6) is 0. The van der Waals surface area contributed by atoms with Gasteiger partial charge in [-0.15, -0.1) is 0 Å². The second-order valence-corrected chi connectivity index (χ2v) is 4.85. The van der Waals surface area contributed by atoms with Gasteiger partial charge in [-0.25, -0.2) is 4.98 Å². The van der Waals surface area contributed by atoms with Crippen LogP contribution in [0.3, 0.4) is 0 Å². The summed E-state index contributed by atoms with van der Waals surface area (Å²) in [6.07, 6.45) is 7.36. The third-order valence-electron chi connectivity index (χ3n) is 3.44. The normalized spacial score (nSPS) is 25.5. The molecule has 0 aliphatic heterocycles. The highest BCUT2D eigenvalue weighted by atomic mass is 16.3. The molecule has 1 unspecified atom stereocenters. The van der Waals surface area contributed by atoms with Crippen LogP contribution in [0.2, 0.25) is 0 Å². The van der Waals surface area contributed by atoms with E-state index < -0.39 is 0 Å². The Labute approximate surface area is 84.8 Å². The summed E-state index contributed by atoms with van der Waals surface area (Å²) < 4.78 is 2.15. The SMILES string of the molecule is CC1(C)CCCC1n1cncc1CO. The first-order valence-corrected chi connectivity index (χ1v) is 5.27. The van der Waals surface area contributed by atoms with Crippen LogP contribution in [0.25, 0.3) is 0 Å². The summed E-state index contributed by atoms with van der Waals surface area (Å²) >= 11 is 0. The maximum atomic E-state index is 9.18. The summed E-state index contributed by atoms with van der Waals surface area (Å²) in [7, 11) is 0. The second kappa shape index (κ2) is 3.39. The molecule has 0 aromatic carbocycles. The van der Waals surface area contributed by atoms with Crippen molar-refractivity contribution >= 4 is 0 Å². The minimum absolute atomic E-state index is 0.0899. The van der Waals surface area contributed by atoms with Crippen LogP contribution in [0.5, 0.6) is 0 Å². The Bertz CT molecular complexity index is 317. The number of nitrogens with zero attached hydrogens (tertiary/aromatic N) is 2. The van der Waals surface area contributed by atoms with Crippen LogP contribution in [-0.2, 0) is 6.61 Å². The lowest BCUT2D eigenvalue weighted by Crippen LogP contribution is -2.22. The van der Waals surface area contributed by atoms with Gasteiger partial charge in [0, 0.05) is 6.04 Å². The van der Waals surface area contributed by atoms with Crippen molar-refractivity contribution in [2.75, 3.05) is 0 Å². The van der Waals surface area contributed by atoms with Gasteiger partial charge in [-0.1, -0.05) is 20.3 Å². The van der Waals surface area contributed by atoms with Gasteiger partial charge in [0.1, 0.15) is 0 Å². The van der Waals surface area contributed by atoms with Crippen molar-refractivity contribution in [3.8, 4) is 0 Å². The molecule has 1 aliphatic carbocycles. The molecule has 3 nitrogen and oxygen atoms in total. The zero-order chi connectivity index (χ0) is 10.2. The quantitative estimate of drug-likeness (QED) is 0.783. The van der Waals surface area contributed by atoms with E-state index in [0.29, 0.717) is 11.5 Å². The van der Waals surface area contributed by atoms with E-state index in [4.69, 9.17) is 0 Å². The molecule has 1 aromatic rings. The molecule has 0 amide bonds. The van der Waals surface area contributed by atoms with E-state index in [-0.39, 0.29) is 6.61 Å². The van der Waals surface area contributed by atoms with E-state index in [1.165, 1.54) is 19.3 Å². The average molecular weight is 194 g/mol. The van der Waals surface area contributed by atoms with Crippen molar-refractivity contribution in [2.24, 2.45) is 5.41 Å². The Kier molecular flexibility index (Phi) is 2.35. The van der Waals surface area contributed by atoms with Gasteiger partial charge in [0.15, 0.2) is 0 Å². The van der Waals surface area contributed by atoms with Gasteiger partial charge in [-0.2, -0.15) is 0 Å². The molecule has 78 valence electrons. The average Bonchev–Trinajstić information content (AvgIpc) is 2.69. The van der Waals surface area contributed by atoms with Crippen LogP contribution < -0.4 is 0 Å². The van der Waals surface area contributed by atoms with Gasteiger partial charge in [-0.05, 0) is 18.3 Å². The number of aliphatic hydroxyl groups excluding tert-OH is 1. The smallest absolute Gasteiger partial charge is 0.0951 e. The van der Waals surface area contributed by atoms with E-state index in [1.54, 1.807) is 6.20 Å². The lowest BCUT2D eigenvalue weighted by molar-refractivity contribution is 0.228. The molecule has 1 aromatic heterocycles. The Morgan fingerprint density at radius 2 is 2.43 bits per heavy atom. The van der Waals surface area contributed by atoms with E-state index in [0.717, 1.165) is 5.69 Å². The highest BCUT2D eigenvalue weighted by molar-refractivity contribution is 5.02. The number of aliphatic hydroxyl groups is 1. The van der Waals surface area contributed by atoms with Gasteiger partial charge in [-0.3, -0.25) is 0 Å². The molecule has 0 saturated heterocycles. The van der Waals surface area contributed by atoms with Gasteiger partial charge in [0.25, 0.3) is 0 Å². The lowest BCUT2D eigenvalue weighted by atomic mass is 9.87. The fourth-order valence-corrected chi connectivity index (χ4v) is 2.56. The molecule has 1 saturated carbocycles. The Hall–Kier alpha value is -0.830. The molecule has 3 heteroatoms. The molecular weight excluding hydrogens is 176 g/mol. The van der Waals surface area contributed by atoms with Crippen LogP contribution in [0.15, 0.2) is 12.5 Å². The van der Waals surface area contributed by atoms with Gasteiger partial charge in [0.2, 0.25) is 0 Å². The van der Waals surface area contributed by atoms with E-state index in [9.17, 15) is 5.11 Å². The summed E-state index contributed by atoms with van der Waals surface area (Å²) in [5.41, 5.74) is 1.27. The Morgan fingerprint density at radius 1 is 1.64 bits per heavy atom. The molecule has 14 heavy (non-hydrogen) atoms. The molecule has 0 bridgehead atoms. The topological polar surface area (TPSA) is 38.0 Å². The van der Waals surface area contributed by atoms with Crippen molar-refractivity contribution in [3.63, 3.8) is 0 Å². The molecule has 1 heterocycles. The molecule has 1 atom stereocenters. The van der Waals surface area contributed by atoms with Crippen LogP contribution in [0, 0.1) is 5.41 Å². The first kappa shape index (κ1) is 9.71. The minimum Gasteiger partial charge on any atom is -0.390 e. The van der Waals surface area contributed by atoms with Crippen LogP contribution >= 0.6 is 0 Å². The number of hydrogen-bond donors (Lipinski definition) is 1. The molecule has 1 aliphatic rings. The molecule has 2 rings (SSSR count). The largest absolute Gasteiger partial charge is 0.390 e. The maximum Gasteiger partial charge on any atom is 0.0951 e. The lowest BCUT2D eigenvalue weighted by Gasteiger charge is -2.29. The number of rotatable bonds is 2. The van der Waals surface area contributed by atoms with Gasteiger partial charge >= 0.3 is 0 Å². The second-order valence-electron chi connectivity index (χ2n) is 4.85. The number of hydrogen-bond acceptors (Lipinski definition) is 2. The first-order valence-electron chi connectivity index (χ1n) is 5.27. The van der Waals surface area contributed by atoms with Crippen molar-refractivity contribution < 1.29 is 5.11 Å². The molecule has 1 fully saturated rings. The standard InChI is InChI=1S/C11H18N2O/c1-11(2)5-3-4-10(11)13-8-12-6-9(13)7-14/h6,8,10,14H,3-5,7H2,1-2H3. The zero-order valence-electron chi connectivity index (χ0n) is 8.90. The van der Waals surface area contributed by atoms with Crippen molar-refractivity contribution in [1.29, 1.82) is 0 Å². The molecular formula is C11H18N2O. The van der Waals surface area contributed by atoms with Crippen LogP contribution in [0.1, 0.15) is 44.8 Å². The summed E-state index contributed by atoms with van der Waals surface area (Å²) in [6, 6.07) is 0.507. The maximum absolute atomic E-state index is 9.18. The fraction of sp³-hybridized carbons (Fsp3) is 0.727. The predicted molar refractivity (Wildman–Crippen MR) is 54.8 cm³/mol. The fourth-order valence-electron chi connectivity index (χ4n) is 2.56. The van der Waals surface area contributed by atoms with Crippen molar-refractivity contribution in [3.05, 3.63) is 18.2 Å².